The Morgan fingerprint density at radius 2 is 1.88 bits per heavy atom. The van der Waals surface area contributed by atoms with Crippen molar-refractivity contribution in [1.82, 2.24) is 24.7 Å². The predicted molar refractivity (Wildman–Crippen MR) is 121 cm³/mol. The summed E-state index contributed by atoms with van der Waals surface area (Å²) in [5.41, 5.74) is 0.811. The summed E-state index contributed by atoms with van der Waals surface area (Å²) in [6.07, 6.45) is 0.162. The van der Waals surface area contributed by atoms with Crippen molar-refractivity contribution in [1.29, 1.82) is 0 Å². The summed E-state index contributed by atoms with van der Waals surface area (Å²) < 4.78 is 7.03. The molecule has 0 radical (unpaired) electrons. The van der Waals surface area contributed by atoms with Crippen molar-refractivity contribution in [2.24, 2.45) is 0 Å². The number of ether oxygens (including phenoxy) is 1. The van der Waals surface area contributed by atoms with E-state index in [1.165, 1.54) is 30.0 Å². The molecule has 2 aromatic carbocycles. The highest BCUT2D eigenvalue weighted by atomic mass is 32.2. The van der Waals surface area contributed by atoms with Gasteiger partial charge in [-0.05, 0) is 29.8 Å². The lowest BCUT2D eigenvalue weighted by molar-refractivity contribution is -0.384. The first-order chi connectivity index (χ1) is 15.9. The molecule has 0 aliphatic carbocycles. The molecule has 168 valence electrons. The number of thioether (sulfide) groups is 1. The Morgan fingerprint density at radius 1 is 1.09 bits per heavy atom. The summed E-state index contributed by atoms with van der Waals surface area (Å²) in [7, 11) is 1.57. The summed E-state index contributed by atoms with van der Waals surface area (Å²) in [6.45, 7) is 0. The lowest BCUT2D eigenvalue weighted by Gasteiger charge is -2.11. The number of nitro groups is 1. The molecule has 0 spiro atoms. The molecule has 0 unspecified atom stereocenters. The third-order valence-electron chi connectivity index (χ3n) is 4.69. The molecule has 2 N–H and O–H groups in total. The van der Waals surface area contributed by atoms with E-state index in [1.807, 2.05) is 12.1 Å². The fourth-order valence-corrected chi connectivity index (χ4v) is 4.11. The minimum Gasteiger partial charge on any atom is -0.497 e. The maximum atomic E-state index is 11.7. The Morgan fingerprint density at radius 3 is 2.58 bits per heavy atom. The Bertz CT molecular complexity index is 1380. The number of hydrogen-bond donors (Lipinski definition) is 2. The van der Waals surface area contributed by atoms with Crippen LogP contribution in [0.15, 0.2) is 69.3 Å². The van der Waals surface area contributed by atoms with Crippen LogP contribution in [0, 0.1) is 10.1 Å². The van der Waals surface area contributed by atoms with Gasteiger partial charge in [-0.25, -0.2) is 4.79 Å². The topological polar surface area (TPSA) is 149 Å². The van der Waals surface area contributed by atoms with Gasteiger partial charge < -0.3 is 9.72 Å². The van der Waals surface area contributed by atoms with Gasteiger partial charge >= 0.3 is 5.69 Å². The molecule has 0 saturated heterocycles. The SMILES string of the molecule is COc1ccc(-n2c(Cc3cc(=O)[nH]c(=O)[nH]3)nnc2SCc2cccc([N+](=O)[O-])c2)cc1. The molecule has 0 amide bonds. The zero-order valence-corrected chi connectivity index (χ0v) is 18.2. The van der Waals surface area contributed by atoms with Gasteiger partial charge in [0, 0.05) is 41.8 Å². The van der Waals surface area contributed by atoms with Crippen molar-refractivity contribution in [3.63, 3.8) is 0 Å². The minimum atomic E-state index is -0.603. The first-order valence-corrected chi connectivity index (χ1v) is 10.7. The maximum absolute atomic E-state index is 11.7. The standard InChI is InChI=1S/C21H18N6O5S/c1-32-17-7-5-15(6-8-17)26-18(10-14-11-19(28)23-20(29)22-14)24-25-21(26)33-12-13-3-2-4-16(9-13)27(30)31/h2-9,11H,10,12H2,1H3,(H2,22,23,28,29). The molecule has 0 aliphatic rings. The minimum absolute atomic E-state index is 0.0173. The number of aromatic nitrogens is 5. The number of nitrogens with zero attached hydrogens (tertiary/aromatic N) is 4. The van der Waals surface area contributed by atoms with E-state index in [-0.39, 0.29) is 12.1 Å². The number of benzene rings is 2. The monoisotopic (exact) mass is 466 g/mol. The maximum Gasteiger partial charge on any atom is 0.325 e. The second kappa shape index (κ2) is 9.53. The molecule has 11 nitrogen and oxygen atoms in total. The molecule has 4 rings (SSSR count). The summed E-state index contributed by atoms with van der Waals surface area (Å²) in [4.78, 5) is 38.7. The van der Waals surface area contributed by atoms with Crippen LogP contribution in [0.3, 0.4) is 0 Å². The molecule has 0 atom stereocenters. The third-order valence-corrected chi connectivity index (χ3v) is 5.69. The van der Waals surface area contributed by atoms with E-state index >= 15 is 0 Å². The molecule has 0 aliphatic heterocycles. The number of nitro benzene ring substituents is 1. The van der Waals surface area contributed by atoms with Crippen LogP contribution in [0.2, 0.25) is 0 Å². The Hall–Kier alpha value is -4.19. The van der Waals surface area contributed by atoms with Crippen molar-refractivity contribution in [3.05, 3.63) is 103 Å². The zero-order valence-electron chi connectivity index (χ0n) is 17.3. The second-order valence-electron chi connectivity index (χ2n) is 6.94. The molecule has 33 heavy (non-hydrogen) atoms. The van der Waals surface area contributed by atoms with Crippen LogP contribution < -0.4 is 16.0 Å². The normalized spacial score (nSPS) is 10.8. The van der Waals surface area contributed by atoms with Gasteiger partial charge in [-0.3, -0.25) is 24.5 Å². The number of H-pyrrole nitrogens is 2. The van der Waals surface area contributed by atoms with E-state index in [0.717, 1.165) is 11.3 Å². The molecule has 12 heteroatoms. The molecule has 0 fully saturated rings. The van der Waals surface area contributed by atoms with E-state index in [9.17, 15) is 19.7 Å². The summed E-state index contributed by atoms with van der Waals surface area (Å²) in [6, 6.07) is 15.0. The summed E-state index contributed by atoms with van der Waals surface area (Å²) in [5, 5.41) is 20.2. The Labute approximate surface area is 190 Å². The molecule has 4 aromatic rings. The van der Waals surface area contributed by atoms with Crippen molar-refractivity contribution in [2.75, 3.05) is 7.11 Å². The largest absolute Gasteiger partial charge is 0.497 e. The van der Waals surface area contributed by atoms with Crippen LogP contribution in [0.1, 0.15) is 17.1 Å². The molecule has 0 bridgehead atoms. The van der Waals surface area contributed by atoms with E-state index in [2.05, 4.69) is 20.2 Å². The van der Waals surface area contributed by atoms with Gasteiger partial charge in [-0.2, -0.15) is 0 Å². The highest BCUT2D eigenvalue weighted by molar-refractivity contribution is 7.98. The highest BCUT2D eigenvalue weighted by Gasteiger charge is 2.17. The van der Waals surface area contributed by atoms with Crippen LogP contribution in [-0.4, -0.2) is 36.8 Å². The second-order valence-corrected chi connectivity index (χ2v) is 7.88. The van der Waals surface area contributed by atoms with Crippen molar-refractivity contribution in [2.45, 2.75) is 17.3 Å². The quantitative estimate of drug-likeness (QED) is 0.228. The average Bonchev–Trinajstić information content (AvgIpc) is 3.19. The Balaban J connectivity index is 1.68. The van der Waals surface area contributed by atoms with E-state index in [0.29, 0.717) is 28.2 Å². The average molecular weight is 466 g/mol. The molecule has 2 aromatic heterocycles. The molecule has 0 saturated carbocycles. The number of methoxy groups -OCH3 is 1. The van der Waals surface area contributed by atoms with E-state index in [1.54, 1.807) is 35.9 Å². The highest BCUT2D eigenvalue weighted by Crippen LogP contribution is 2.28. The molecule has 2 heterocycles. The number of non-ortho nitro benzene ring substituents is 1. The smallest absolute Gasteiger partial charge is 0.325 e. The third kappa shape index (κ3) is 5.18. The fraction of sp³-hybridized carbons (Fsp3) is 0.143. The van der Waals surface area contributed by atoms with Gasteiger partial charge in [0.05, 0.1) is 12.0 Å². The van der Waals surface area contributed by atoms with Crippen LogP contribution >= 0.6 is 11.8 Å². The van der Waals surface area contributed by atoms with Gasteiger partial charge in [0.15, 0.2) is 5.16 Å². The Kier molecular flexibility index (Phi) is 6.36. The van der Waals surface area contributed by atoms with Crippen LogP contribution in [0.4, 0.5) is 5.69 Å². The van der Waals surface area contributed by atoms with Gasteiger partial charge in [-0.1, -0.05) is 23.9 Å². The van der Waals surface area contributed by atoms with E-state index in [4.69, 9.17) is 4.74 Å². The van der Waals surface area contributed by atoms with Crippen molar-refractivity contribution >= 4 is 17.4 Å². The zero-order chi connectivity index (χ0) is 23.4. The van der Waals surface area contributed by atoms with Crippen LogP contribution in [0.25, 0.3) is 5.69 Å². The first-order valence-electron chi connectivity index (χ1n) is 9.70. The number of rotatable bonds is 8. The van der Waals surface area contributed by atoms with Gasteiger partial charge in [0.25, 0.3) is 11.2 Å². The molecular weight excluding hydrogens is 448 g/mol. The fourth-order valence-electron chi connectivity index (χ4n) is 3.19. The summed E-state index contributed by atoms with van der Waals surface area (Å²) >= 11 is 1.36. The lowest BCUT2D eigenvalue weighted by Crippen LogP contribution is -2.23. The number of hydrogen-bond acceptors (Lipinski definition) is 8. The van der Waals surface area contributed by atoms with E-state index < -0.39 is 16.2 Å². The van der Waals surface area contributed by atoms with Crippen LogP contribution in [0.5, 0.6) is 5.75 Å². The van der Waals surface area contributed by atoms with Gasteiger partial charge in [0.1, 0.15) is 11.6 Å². The lowest BCUT2D eigenvalue weighted by atomic mass is 10.2. The number of aromatic amines is 2. The summed E-state index contributed by atoms with van der Waals surface area (Å²) in [5.74, 6) is 1.61. The van der Waals surface area contributed by atoms with Gasteiger partial charge in [0.2, 0.25) is 0 Å². The molecular formula is C21H18N6O5S. The predicted octanol–water partition coefficient (Wildman–Crippen LogP) is 2.44. The van der Waals surface area contributed by atoms with Gasteiger partial charge in [-0.15, -0.1) is 10.2 Å². The van der Waals surface area contributed by atoms with Crippen LogP contribution in [-0.2, 0) is 12.2 Å². The van der Waals surface area contributed by atoms with Crippen molar-refractivity contribution < 1.29 is 9.66 Å². The number of nitrogens with one attached hydrogen (secondary N) is 2. The van der Waals surface area contributed by atoms with Crippen molar-refractivity contribution in [3.8, 4) is 11.4 Å². The first kappa shape index (κ1) is 22.0.